The molecule has 1 aromatic heterocycles. The van der Waals surface area contributed by atoms with Crippen molar-refractivity contribution in [2.75, 3.05) is 13.1 Å². The number of benzene rings is 1. The van der Waals surface area contributed by atoms with Crippen LogP contribution in [0.2, 0.25) is 0 Å². The van der Waals surface area contributed by atoms with Gasteiger partial charge < -0.3 is 26.4 Å². The number of thiazole rings is 1. The van der Waals surface area contributed by atoms with Gasteiger partial charge in [0.25, 0.3) is 0 Å². The summed E-state index contributed by atoms with van der Waals surface area (Å²) in [6, 6.07) is 6.05. The molecule has 0 spiro atoms. The Morgan fingerprint density at radius 1 is 1.15 bits per heavy atom. The van der Waals surface area contributed by atoms with Crippen LogP contribution in [-0.2, 0) is 14.4 Å². The Bertz CT molecular complexity index is 1130. The number of nitrogens with two attached hydrogens (primary N) is 1. The summed E-state index contributed by atoms with van der Waals surface area (Å²) in [4.78, 5) is 46.5. The summed E-state index contributed by atoms with van der Waals surface area (Å²) in [5.74, 6) is -0.881. The number of hydrogen-bond donors (Lipinski definition) is 4. The molecular formula is C29H43N5O4S. The summed E-state index contributed by atoms with van der Waals surface area (Å²) in [6.45, 7) is 10.1. The fraction of sp³-hybridized carbons (Fsp3) is 0.586. The van der Waals surface area contributed by atoms with Crippen LogP contribution in [0.15, 0.2) is 29.8 Å². The number of aliphatic hydroxyl groups is 1. The number of aromatic nitrogens is 1. The highest BCUT2D eigenvalue weighted by molar-refractivity contribution is 7.13. The molecule has 2 aromatic rings. The standard InChI is InChI=1S/C29H43N5O4S/c1-18(20-10-12-21(13-11-20)25-19(2)31-17-39-25)32-27(37)23-15-22(35)16-34(23)28(38)26(29(3,4)5)33-24(36)9-7-6-8-14-30/h10-13,17-18,22-23,26,35H,6-9,14-16,30H2,1-5H3,(H,32,37)(H,33,36). The molecule has 2 heterocycles. The minimum absolute atomic E-state index is 0.0488. The number of aryl methyl sites for hydroxylation is 1. The number of rotatable bonds is 11. The molecule has 0 aliphatic carbocycles. The summed E-state index contributed by atoms with van der Waals surface area (Å²) >= 11 is 1.59. The van der Waals surface area contributed by atoms with Gasteiger partial charge in [0.05, 0.1) is 28.2 Å². The SMILES string of the molecule is Cc1ncsc1-c1ccc(C(C)NC(=O)C2CC(O)CN2C(=O)C(NC(=O)CCCCCN)C(C)(C)C)cc1. The number of carbonyl (C=O) groups excluding carboxylic acids is 3. The molecule has 1 aliphatic heterocycles. The van der Waals surface area contributed by atoms with Crippen LogP contribution < -0.4 is 16.4 Å². The molecule has 9 nitrogen and oxygen atoms in total. The van der Waals surface area contributed by atoms with Gasteiger partial charge in [0.2, 0.25) is 17.7 Å². The van der Waals surface area contributed by atoms with E-state index in [0.717, 1.165) is 34.5 Å². The Morgan fingerprint density at radius 3 is 2.44 bits per heavy atom. The van der Waals surface area contributed by atoms with E-state index in [9.17, 15) is 19.5 Å². The molecule has 1 aromatic carbocycles. The first kappa shape index (κ1) is 30.7. The van der Waals surface area contributed by atoms with Crippen LogP contribution >= 0.6 is 11.3 Å². The quantitative estimate of drug-likeness (QED) is 0.313. The van der Waals surface area contributed by atoms with E-state index in [4.69, 9.17) is 5.73 Å². The van der Waals surface area contributed by atoms with Gasteiger partial charge in [-0.3, -0.25) is 14.4 Å². The minimum Gasteiger partial charge on any atom is -0.391 e. The Labute approximate surface area is 235 Å². The van der Waals surface area contributed by atoms with Crippen molar-refractivity contribution in [3.05, 3.63) is 41.0 Å². The molecular weight excluding hydrogens is 514 g/mol. The Morgan fingerprint density at radius 2 is 1.85 bits per heavy atom. The lowest BCUT2D eigenvalue weighted by molar-refractivity contribution is -0.144. The van der Waals surface area contributed by atoms with Gasteiger partial charge >= 0.3 is 0 Å². The fourth-order valence-corrected chi connectivity index (χ4v) is 5.67. The first-order valence-electron chi connectivity index (χ1n) is 13.7. The number of hydrogen-bond acceptors (Lipinski definition) is 7. The first-order valence-corrected chi connectivity index (χ1v) is 14.6. The second-order valence-corrected chi connectivity index (χ2v) is 12.3. The van der Waals surface area contributed by atoms with Crippen LogP contribution in [0.3, 0.4) is 0 Å². The third-order valence-corrected chi connectivity index (χ3v) is 8.15. The zero-order chi connectivity index (χ0) is 28.7. The monoisotopic (exact) mass is 557 g/mol. The number of carbonyl (C=O) groups is 3. The summed E-state index contributed by atoms with van der Waals surface area (Å²) < 4.78 is 0. The lowest BCUT2D eigenvalue weighted by atomic mass is 9.85. The lowest BCUT2D eigenvalue weighted by Gasteiger charge is -2.35. The smallest absolute Gasteiger partial charge is 0.246 e. The third kappa shape index (κ3) is 8.09. The van der Waals surface area contributed by atoms with Gasteiger partial charge in [0.15, 0.2) is 0 Å². The average Bonchev–Trinajstić information content (AvgIpc) is 3.49. The van der Waals surface area contributed by atoms with Gasteiger partial charge in [-0.15, -0.1) is 11.3 Å². The molecule has 4 atom stereocenters. The number of amides is 3. The van der Waals surface area contributed by atoms with Gasteiger partial charge in [-0.1, -0.05) is 51.5 Å². The lowest BCUT2D eigenvalue weighted by Crippen LogP contribution is -2.57. The molecule has 39 heavy (non-hydrogen) atoms. The van der Waals surface area contributed by atoms with Gasteiger partial charge in [-0.2, -0.15) is 0 Å². The van der Waals surface area contributed by atoms with Crippen molar-refractivity contribution in [2.45, 2.75) is 91.0 Å². The molecule has 0 saturated carbocycles. The molecule has 5 N–H and O–H groups in total. The van der Waals surface area contributed by atoms with E-state index in [2.05, 4.69) is 15.6 Å². The topological polar surface area (TPSA) is 138 Å². The molecule has 0 bridgehead atoms. The third-order valence-electron chi connectivity index (χ3n) is 7.17. The van der Waals surface area contributed by atoms with E-state index in [1.165, 1.54) is 4.90 Å². The van der Waals surface area contributed by atoms with Crippen molar-refractivity contribution < 1.29 is 19.5 Å². The molecule has 3 amide bonds. The van der Waals surface area contributed by atoms with Crippen molar-refractivity contribution in [1.29, 1.82) is 0 Å². The second kappa shape index (κ2) is 13.5. The van der Waals surface area contributed by atoms with Crippen molar-refractivity contribution in [3.8, 4) is 10.4 Å². The van der Waals surface area contributed by atoms with Crippen LogP contribution in [0.5, 0.6) is 0 Å². The van der Waals surface area contributed by atoms with Crippen molar-refractivity contribution in [2.24, 2.45) is 11.1 Å². The molecule has 4 unspecified atom stereocenters. The van der Waals surface area contributed by atoms with Crippen LogP contribution in [0.4, 0.5) is 0 Å². The second-order valence-electron chi connectivity index (χ2n) is 11.5. The number of β-amino-alcohol motifs (C(OH)–C–C–N with tert-alkyl or cyclic N) is 1. The van der Waals surface area contributed by atoms with Gasteiger partial charge in [-0.25, -0.2) is 4.98 Å². The Hall–Kier alpha value is -2.82. The molecule has 1 aliphatic rings. The summed E-state index contributed by atoms with van der Waals surface area (Å²) in [6.07, 6.45) is 2.05. The van der Waals surface area contributed by atoms with E-state index < -0.39 is 23.6 Å². The maximum absolute atomic E-state index is 13.7. The number of nitrogens with zero attached hydrogens (tertiary/aromatic N) is 2. The number of nitrogens with one attached hydrogen (secondary N) is 2. The molecule has 3 rings (SSSR count). The summed E-state index contributed by atoms with van der Waals surface area (Å²) in [5.41, 5.74) is 9.76. The minimum atomic E-state index is -0.819. The Balaban J connectivity index is 1.68. The highest BCUT2D eigenvalue weighted by atomic mass is 32.1. The molecule has 0 radical (unpaired) electrons. The van der Waals surface area contributed by atoms with Crippen molar-refractivity contribution in [3.63, 3.8) is 0 Å². The van der Waals surface area contributed by atoms with E-state index in [1.54, 1.807) is 11.3 Å². The molecule has 1 fully saturated rings. The van der Waals surface area contributed by atoms with Crippen molar-refractivity contribution >= 4 is 29.1 Å². The average molecular weight is 558 g/mol. The highest BCUT2D eigenvalue weighted by Crippen LogP contribution is 2.29. The number of aliphatic hydroxyl groups excluding tert-OH is 1. The van der Waals surface area contributed by atoms with Crippen LogP contribution in [0, 0.1) is 12.3 Å². The predicted molar refractivity (Wildman–Crippen MR) is 154 cm³/mol. The van der Waals surface area contributed by atoms with Crippen molar-refractivity contribution in [1.82, 2.24) is 20.5 Å². The maximum Gasteiger partial charge on any atom is 0.246 e. The maximum atomic E-state index is 13.7. The Kier molecular flexibility index (Phi) is 10.6. The predicted octanol–water partition coefficient (Wildman–Crippen LogP) is 3.31. The summed E-state index contributed by atoms with van der Waals surface area (Å²) in [7, 11) is 0. The number of likely N-dealkylation sites (tertiary alicyclic amines) is 1. The molecule has 10 heteroatoms. The number of unbranched alkanes of at least 4 members (excludes halogenated alkanes) is 2. The first-order chi connectivity index (χ1) is 18.4. The van der Waals surface area contributed by atoms with E-state index in [1.807, 2.05) is 64.4 Å². The molecule has 1 saturated heterocycles. The normalized spacial score (nSPS) is 19.0. The summed E-state index contributed by atoms with van der Waals surface area (Å²) in [5, 5.41) is 16.3. The van der Waals surface area contributed by atoms with Crippen LogP contribution in [0.1, 0.15) is 77.1 Å². The van der Waals surface area contributed by atoms with Crippen LogP contribution in [0.25, 0.3) is 10.4 Å². The van der Waals surface area contributed by atoms with Gasteiger partial charge in [0.1, 0.15) is 12.1 Å². The zero-order valence-corrected chi connectivity index (χ0v) is 24.5. The molecule has 214 valence electrons. The fourth-order valence-electron chi connectivity index (χ4n) is 4.86. The van der Waals surface area contributed by atoms with E-state index in [0.29, 0.717) is 19.4 Å². The zero-order valence-electron chi connectivity index (χ0n) is 23.7. The van der Waals surface area contributed by atoms with Gasteiger partial charge in [-0.05, 0) is 49.8 Å². The highest BCUT2D eigenvalue weighted by Gasteiger charge is 2.44. The van der Waals surface area contributed by atoms with E-state index >= 15 is 0 Å². The van der Waals surface area contributed by atoms with Crippen LogP contribution in [-0.4, -0.2) is 64.0 Å². The van der Waals surface area contributed by atoms with Gasteiger partial charge in [0, 0.05) is 19.4 Å². The largest absolute Gasteiger partial charge is 0.391 e. The van der Waals surface area contributed by atoms with E-state index in [-0.39, 0.29) is 36.7 Å².